The number of hydrogen-bond donors (Lipinski definition) is 1. The minimum absolute atomic E-state index is 0.0168. The van der Waals surface area contributed by atoms with Gasteiger partial charge in [-0.15, -0.1) is 4.98 Å². The van der Waals surface area contributed by atoms with Gasteiger partial charge < -0.3 is 15.2 Å². The third kappa shape index (κ3) is 3.50. The van der Waals surface area contributed by atoms with E-state index in [1.807, 2.05) is 6.92 Å². The van der Waals surface area contributed by atoms with Gasteiger partial charge in [-0.2, -0.15) is 9.97 Å². The lowest BCUT2D eigenvalue weighted by molar-refractivity contribution is 0.284. The van der Waals surface area contributed by atoms with E-state index in [-0.39, 0.29) is 23.7 Å². The van der Waals surface area contributed by atoms with E-state index in [1.165, 1.54) is 0 Å². The van der Waals surface area contributed by atoms with Crippen molar-refractivity contribution in [2.45, 2.75) is 13.3 Å². The van der Waals surface area contributed by atoms with Crippen LogP contribution in [-0.4, -0.2) is 21.6 Å². The smallest absolute Gasteiger partial charge is 0.330 e. The molecule has 0 unspecified atom stereocenters. The van der Waals surface area contributed by atoms with E-state index >= 15 is 0 Å². The van der Waals surface area contributed by atoms with Gasteiger partial charge >= 0.3 is 12.0 Å². The lowest BCUT2D eigenvalue weighted by Gasteiger charge is -2.07. The predicted octanol–water partition coefficient (Wildman–Crippen LogP) is 2.31. The summed E-state index contributed by atoms with van der Waals surface area (Å²) >= 11 is 0. The zero-order valence-corrected chi connectivity index (χ0v) is 10.6. The standard InChI is InChI=1S/C12H12F2N4O2/c1-2-5-19-11-16-10(15)17-12(18-11)20-9-4-3-7(13)6-8(9)14/h3-4,6H,2,5H2,1H3,(H2,15,16,17,18). The molecule has 2 N–H and O–H groups in total. The Bertz CT molecular complexity index is 610. The van der Waals surface area contributed by atoms with Crippen molar-refractivity contribution in [1.82, 2.24) is 15.0 Å². The normalized spacial score (nSPS) is 10.3. The minimum atomic E-state index is -0.875. The second kappa shape index (κ2) is 6.09. The summed E-state index contributed by atoms with van der Waals surface area (Å²) in [7, 11) is 0. The van der Waals surface area contributed by atoms with Gasteiger partial charge in [0.15, 0.2) is 11.6 Å². The first-order valence-electron chi connectivity index (χ1n) is 5.85. The van der Waals surface area contributed by atoms with Gasteiger partial charge in [0, 0.05) is 6.07 Å². The van der Waals surface area contributed by atoms with E-state index in [0.717, 1.165) is 18.6 Å². The van der Waals surface area contributed by atoms with E-state index in [4.69, 9.17) is 15.2 Å². The monoisotopic (exact) mass is 282 g/mol. The molecule has 8 heteroatoms. The van der Waals surface area contributed by atoms with Crippen molar-refractivity contribution < 1.29 is 18.3 Å². The van der Waals surface area contributed by atoms with Crippen LogP contribution in [0.1, 0.15) is 13.3 Å². The Morgan fingerprint density at radius 3 is 2.60 bits per heavy atom. The highest BCUT2D eigenvalue weighted by atomic mass is 19.1. The van der Waals surface area contributed by atoms with Crippen LogP contribution in [0.4, 0.5) is 14.7 Å². The van der Waals surface area contributed by atoms with Gasteiger partial charge in [0.05, 0.1) is 6.61 Å². The third-order valence-electron chi connectivity index (χ3n) is 2.14. The number of ether oxygens (including phenoxy) is 2. The highest BCUT2D eigenvalue weighted by Gasteiger charge is 2.11. The molecule has 1 heterocycles. The van der Waals surface area contributed by atoms with Gasteiger partial charge in [0.2, 0.25) is 5.95 Å². The van der Waals surface area contributed by atoms with Crippen LogP contribution in [0, 0.1) is 11.6 Å². The van der Waals surface area contributed by atoms with Crippen LogP contribution in [0.5, 0.6) is 17.8 Å². The van der Waals surface area contributed by atoms with E-state index < -0.39 is 11.6 Å². The molecule has 0 amide bonds. The highest BCUT2D eigenvalue weighted by Crippen LogP contribution is 2.23. The van der Waals surface area contributed by atoms with Gasteiger partial charge in [0.25, 0.3) is 0 Å². The third-order valence-corrected chi connectivity index (χ3v) is 2.14. The second-order valence-corrected chi connectivity index (χ2v) is 3.78. The fourth-order valence-electron chi connectivity index (χ4n) is 1.31. The molecule has 0 bridgehead atoms. The van der Waals surface area contributed by atoms with Crippen LogP contribution in [-0.2, 0) is 0 Å². The fraction of sp³-hybridized carbons (Fsp3) is 0.250. The van der Waals surface area contributed by atoms with Crippen molar-refractivity contribution in [3.05, 3.63) is 29.8 Å². The van der Waals surface area contributed by atoms with Crippen LogP contribution in [0.3, 0.4) is 0 Å². The number of hydrogen-bond acceptors (Lipinski definition) is 6. The molecule has 1 aromatic heterocycles. The van der Waals surface area contributed by atoms with Gasteiger partial charge in [-0.3, -0.25) is 0 Å². The molecule has 2 aromatic rings. The lowest BCUT2D eigenvalue weighted by atomic mass is 10.3. The van der Waals surface area contributed by atoms with Gasteiger partial charge in [0.1, 0.15) is 5.82 Å². The summed E-state index contributed by atoms with van der Waals surface area (Å²) in [5.41, 5.74) is 5.47. The van der Waals surface area contributed by atoms with Crippen LogP contribution in [0.2, 0.25) is 0 Å². The van der Waals surface area contributed by atoms with Crippen molar-refractivity contribution >= 4 is 5.95 Å². The number of rotatable bonds is 5. The largest absolute Gasteiger partial charge is 0.463 e. The van der Waals surface area contributed by atoms with Crippen molar-refractivity contribution in [1.29, 1.82) is 0 Å². The molecule has 0 saturated heterocycles. The molecule has 0 aliphatic rings. The first-order valence-corrected chi connectivity index (χ1v) is 5.85. The summed E-state index contributed by atoms with van der Waals surface area (Å²) in [4.78, 5) is 11.3. The first-order chi connectivity index (χ1) is 9.58. The Hall–Kier alpha value is -2.51. The molecule has 0 aliphatic carbocycles. The SMILES string of the molecule is CCCOc1nc(N)nc(Oc2ccc(F)cc2F)n1. The summed E-state index contributed by atoms with van der Waals surface area (Å²) < 4.78 is 36.5. The second-order valence-electron chi connectivity index (χ2n) is 3.78. The maximum atomic E-state index is 13.4. The summed E-state index contributed by atoms with van der Waals surface area (Å²) in [6, 6.07) is 2.62. The zero-order chi connectivity index (χ0) is 14.5. The van der Waals surface area contributed by atoms with Crippen molar-refractivity contribution in [3.8, 4) is 17.8 Å². The van der Waals surface area contributed by atoms with Crippen molar-refractivity contribution in [3.63, 3.8) is 0 Å². The summed E-state index contributed by atoms with van der Waals surface area (Å²) in [6.45, 7) is 2.31. The summed E-state index contributed by atoms with van der Waals surface area (Å²) in [5, 5.41) is 0. The quantitative estimate of drug-likeness (QED) is 0.906. The highest BCUT2D eigenvalue weighted by molar-refractivity contribution is 5.29. The average Bonchev–Trinajstić information content (AvgIpc) is 2.39. The molecular formula is C12H12F2N4O2. The Morgan fingerprint density at radius 1 is 1.15 bits per heavy atom. The van der Waals surface area contributed by atoms with Gasteiger partial charge in [-0.1, -0.05) is 6.92 Å². The maximum Gasteiger partial charge on any atom is 0.330 e. The Labute approximate surface area is 113 Å². The molecule has 0 saturated carbocycles. The fourth-order valence-corrected chi connectivity index (χ4v) is 1.31. The molecule has 1 aromatic carbocycles. The summed E-state index contributed by atoms with van der Waals surface area (Å²) in [6.07, 6.45) is 0.758. The van der Waals surface area contributed by atoms with Crippen molar-refractivity contribution in [2.24, 2.45) is 0 Å². The Balaban J connectivity index is 2.21. The lowest BCUT2D eigenvalue weighted by Crippen LogP contribution is -2.06. The summed E-state index contributed by atoms with van der Waals surface area (Å²) in [5.74, 6) is -1.93. The molecule has 0 spiro atoms. The van der Waals surface area contributed by atoms with E-state index in [2.05, 4.69) is 15.0 Å². The molecule has 0 radical (unpaired) electrons. The van der Waals surface area contributed by atoms with E-state index in [1.54, 1.807) is 0 Å². The Kier molecular flexibility index (Phi) is 4.24. The molecule has 6 nitrogen and oxygen atoms in total. The number of nitrogen functional groups attached to an aromatic ring is 1. The van der Waals surface area contributed by atoms with Crippen LogP contribution in [0.15, 0.2) is 18.2 Å². The molecule has 0 fully saturated rings. The van der Waals surface area contributed by atoms with E-state index in [0.29, 0.717) is 12.7 Å². The zero-order valence-electron chi connectivity index (χ0n) is 10.6. The number of aromatic nitrogens is 3. The van der Waals surface area contributed by atoms with Gasteiger partial charge in [-0.25, -0.2) is 8.78 Å². The molecular weight excluding hydrogens is 270 g/mol. The van der Waals surface area contributed by atoms with E-state index in [9.17, 15) is 8.78 Å². The molecule has 0 aliphatic heterocycles. The Morgan fingerprint density at radius 2 is 1.90 bits per heavy atom. The maximum absolute atomic E-state index is 13.4. The number of halogens is 2. The minimum Gasteiger partial charge on any atom is -0.463 e. The number of anilines is 1. The van der Waals surface area contributed by atoms with Crippen LogP contribution >= 0.6 is 0 Å². The number of nitrogens with two attached hydrogens (primary N) is 1. The predicted molar refractivity (Wildman–Crippen MR) is 66.5 cm³/mol. The molecule has 106 valence electrons. The molecule has 20 heavy (non-hydrogen) atoms. The van der Waals surface area contributed by atoms with Gasteiger partial charge in [-0.05, 0) is 18.6 Å². The number of nitrogens with zero attached hydrogens (tertiary/aromatic N) is 3. The van der Waals surface area contributed by atoms with Crippen molar-refractivity contribution in [2.75, 3.05) is 12.3 Å². The van der Waals surface area contributed by atoms with Crippen LogP contribution in [0.25, 0.3) is 0 Å². The molecule has 2 rings (SSSR count). The van der Waals surface area contributed by atoms with Crippen LogP contribution < -0.4 is 15.2 Å². The number of benzene rings is 1. The first kappa shape index (κ1) is 13.9. The topological polar surface area (TPSA) is 83.2 Å². The molecule has 0 atom stereocenters. The average molecular weight is 282 g/mol.